The minimum absolute atomic E-state index is 0.158. The van der Waals surface area contributed by atoms with Gasteiger partial charge in [0.1, 0.15) is 11.9 Å². The second-order valence-electron chi connectivity index (χ2n) is 4.09. The molecular weight excluding hydrogens is 310 g/mol. The molecule has 2 nitrogen and oxygen atoms in total. The Kier molecular flexibility index (Phi) is 5.23. The molecular formula is C14H16BrNOS. The molecule has 0 fully saturated rings. The molecule has 1 unspecified atom stereocenters. The molecule has 0 radical (unpaired) electrons. The van der Waals surface area contributed by atoms with Crippen molar-refractivity contribution in [2.45, 2.75) is 19.6 Å². The molecule has 1 heterocycles. The van der Waals surface area contributed by atoms with Crippen LogP contribution in [0.25, 0.3) is 0 Å². The van der Waals surface area contributed by atoms with Crippen LogP contribution in [-0.2, 0) is 6.54 Å². The molecule has 0 bridgehead atoms. The van der Waals surface area contributed by atoms with Gasteiger partial charge in [0.05, 0.1) is 0 Å². The zero-order valence-electron chi connectivity index (χ0n) is 10.2. The maximum atomic E-state index is 5.81. The van der Waals surface area contributed by atoms with E-state index < -0.39 is 0 Å². The van der Waals surface area contributed by atoms with Gasteiger partial charge in [-0.1, -0.05) is 22.0 Å². The summed E-state index contributed by atoms with van der Waals surface area (Å²) in [6, 6.07) is 12.1. The number of ether oxygens (including phenoxy) is 1. The van der Waals surface area contributed by atoms with E-state index in [0.29, 0.717) is 0 Å². The first-order valence-electron chi connectivity index (χ1n) is 5.89. The molecule has 2 rings (SSSR count). The Balaban J connectivity index is 1.71. The van der Waals surface area contributed by atoms with E-state index in [9.17, 15) is 0 Å². The first-order chi connectivity index (χ1) is 8.74. The molecule has 1 aromatic heterocycles. The maximum absolute atomic E-state index is 5.81. The highest BCUT2D eigenvalue weighted by Crippen LogP contribution is 2.17. The van der Waals surface area contributed by atoms with Gasteiger partial charge >= 0.3 is 0 Å². The number of nitrogens with one attached hydrogen (secondary N) is 1. The van der Waals surface area contributed by atoms with Crippen LogP contribution in [0.5, 0.6) is 5.75 Å². The van der Waals surface area contributed by atoms with Gasteiger partial charge in [-0.25, -0.2) is 0 Å². The van der Waals surface area contributed by atoms with Crippen molar-refractivity contribution in [3.8, 4) is 5.75 Å². The van der Waals surface area contributed by atoms with Crippen LogP contribution in [-0.4, -0.2) is 12.6 Å². The van der Waals surface area contributed by atoms with Crippen molar-refractivity contribution in [3.63, 3.8) is 0 Å². The Morgan fingerprint density at radius 3 is 2.72 bits per heavy atom. The molecule has 4 heteroatoms. The zero-order chi connectivity index (χ0) is 12.8. The third kappa shape index (κ3) is 4.44. The lowest BCUT2D eigenvalue weighted by molar-refractivity contribution is 0.217. The largest absolute Gasteiger partial charge is 0.489 e. The normalized spacial score (nSPS) is 12.3. The summed E-state index contributed by atoms with van der Waals surface area (Å²) in [5, 5.41) is 5.49. The van der Waals surface area contributed by atoms with Crippen molar-refractivity contribution in [1.82, 2.24) is 5.32 Å². The SMILES string of the molecule is CC(CNCc1cccs1)Oc1ccc(Br)cc1. The topological polar surface area (TPSA) is 21.3 Å². The van der Waals surface area contributed by atoms with Crippen LogP contribution in [0.4, 0.5) is 0 Å². The van der Waals surface area contributed by atoms with E-state index in [1.165, 1.54) is 4.88 Å². The van der Waals surface area contributed by atoms with Crippen molar-refractivity contribution in [1.29, 1.82) is 0 Å². The number of rotatable bonds is 6. The van der Waals surface area contributed by atoms with Crippen LogP contribution in [0.3, 0.4) is 0 Å². The van der Waals surface area contributed by atoms with Crippen molar-refractivity contribution >= 4 is 27.3 Å². The molecule has 1 atom stereocenters. The zero-order valence-corrected chi connectivity index (χ0v) is 12.6. The number of thiophene rings is 1. The van der Waals surface area contributed by atoms with Crippen LogP contribution < -0.4 is 10.1 Å². The quantitative estimate of drug-likeness (QED) is 0.864. The molecule has 2 aromatic rings. The van der Waals surface area contributed by atoms with E-state index in [2.05, 4.69) is 45.7 Å². The maximum Gasteiger partial charge on any atom is 0.119 e. The molecule has 0 aliphatic carbocycles. The van der Waals surface area contributed by atoms with Crippen molar-refractivity contribution < 1.29 is 4.74 Å². The average Bonchev–Trinajstić information content (AvgIpc) is 2.85. The molecule has 96 valence electrons. The summed E-state index contributed by atoms with van der Waals surface area (Å²) in [4.78, 5) is 1.35. The molecule has 0 amide bonds. The number of halogens is 1. The molecule has 0 saturated heterocycles. The highest BCUT2D eigenvalue weighted by molar-refractivity contribution is 9.10. The van der Waals surface area contributed by atoms with Gasteiger partial charge in [0, 0.05) is 22.4 Å². The van der Waals surface area contributed by atoms with Gasteiger partial charge in [0.25, 0.3) is 0 Å². The van der Waals surface area contributed by atoms with Gasteiger partial charge in [0.2, 0.25) is 0 Å². The lowest BCUT2D eigenvalue weighted by Gasteiger charge is -2.15. The molecule has 0 aliphatic rings. The summed E-state index contributed by atoms with van der Waals surface area (Å²) in [6.07, 6.45) is 0.158. The Morgan fingerprint density at radius 1 is 1.28 bits per heavy atom. The van der Waals surface area contributed by atoms with Gasteiger partial charge in [-0.2, -0.15) is 0 Å². The van der Waals surface area contributed by atoms with E-state index in [4.69, 9.17) is 4.74 Å². The van der Waals surface area contributed by atoms with Gasteiger partial charge < -0.3 is 10.1 Å². The summed E-state index contributed by atoms with van der Waals surface area (Å²) in [5.74, 6) is 0.906. The standard InChI is InChI=1S/C14H16BrNOS/c1-11(9-16-10-14-3-2-8-18-14)17-13-6-4-12(15)5-7-13/h2-8,11,16H,9-10H2,1H3. The number of benzene rings is 1. The number of hydrogen-bond acceptors (Lipinski definition) is 3. The molecule has 0 spiro atoms. The van der Waals surface area contributed by atoms with Crippen molar-refractivity contribution in [2.75, 3.05) is 6.54 Å². The van der Waals surface area contributed by atoms with Crippen molar-refractivity contribution in [2.24, 2.45) is 0 Å². The van der Waals surface area contributed by atoms with Gasteiger partial charge in [0.15, 0.2) is 0 Å². The first kappa shape index (κ1) is 13.6. The summed E-state index contributed by atoms with van der Waals surface area (Å²) in [5.41, 5.74) is 0. The minimum Gasteiger partial charge on any atom is -0.489 e. The second-order valence-corrected chi connectivity index (χ2v) is 6.04. The van der Waals surface area contributed by atoms with Crippen LogP contribution in [0, 0.1) is 0 Å². The molecule has 0 saturated carbocycles. The van der Waals surface area contributed by atoms with Crippen LogP contribution in [0.1, 0.15) is 11.8 Å². The first-order valence-corrected chi connectivity index (χ1v) is 7.56. The lowest BCUT2D eigenvalue weighted by Crippen LogP contribution is -2.28. The summed E-state index contributed by atoms with van der Waals surface area (Å²) in [6.45, 7) is 3.82. The lowest BCUT2D eigenvalue weighted by atomic mass is 10.3. The van der Waals surface area contributed by atoms with E-state index in [1.807, 2.05) is 24.3 Å². The highest BCUT2D eigenvalue weighted by atomic mass is 79.9. The molecule has 0 aliphatic heterocycles. The third-order valence-electron chi connectivity index (χ3n) is 2.46. The van der Waals surface area contributed by atoms with E-state index >= 15 is 0 Å². The average molecular weight is 326 g/mol. The Labute approximate surface area is 120 Å². The Hall–Kier alpha value is -0.840. The van der Waals surface area contributed by atoms with Crippen LogP contribution in [0.2, 0.25) is 0 Å². The molecule has 1 N–H and O–H groups in total. The minimum atomic E-state index is 0.158. The highest BCUT2D eigenvalue weighted by Gasteiger charge is 2.03. The van der Waals surface area contributed by atoms with E-state index in [-0.39, 0.29) is 6.10 Å². The summed E-state index contributed by atoms with van der Waals surface area (Å²) >= 11 is 5.18. The molecule has 1 aromatic carbocycles. The second kappa shape index (κ2) is 6.92. The predicted molar refractivity (Wildman–Crippen MR) is 80.3 cm³/mol. The fourth-order valence-electron chi connectivity index (χ4n) is 1.60. The van der Waals surface area contributed by atoms with Gasteiger partial charge in [-0.15, -0.1) is 11.3 Å². The van der Waals surface area contributed by atoms with E-state index in [1.54, 1.807) is 11.3 Å². The van der Waals surface area contributed by atoms with Crippen LogP contribution >= 0.6 is 27.3 Å². The Morgan fingerprint density at radius 2 is 2.06 bits per heavy atom. The monoisotopic (exact) mass is 325 g/mol. The third-order valence-corrected chi connectivity index (χ3v) is 3.87. The predicted octanol–water partition coefficient (Wildman–Crippen LogP) is 4.07. The Bertz CT molecular complexity index is 455. The smallest absolute Gasteiger partial charge is 0.119 e. The summed E-state index contributed by atoms with van der Waals surface area (Å²) in [7, 11) is 0. The fraction of sp³-hybridized carbons (Fsp3) is 0.286. The van der Waals surface area contributed by atoms with Gasteiger partial charge in [-0.05, 0) is 42.6 Å². The van der Waals surface area contributed by atoms with E-state index in [0.717, 1.165) is 23.3 Å². The molecule has 18 heavy (non-hydrogen) atoms. The number of hydrogen-bond donors (Lipinski definition) is 1. The van der Waals surface area contributed by atoms with Gasteiger partial charge in [-0.3, -0.25) is 0 Å². The fourth-order valence-corrected chi connectivity index (χ4v) is 2.54. The summed E-state index contributed by atoms with van der Waals surface area (Å²) < 4.78 is 6.88. The van der Waals surface area contributed by atoms with Crippen molar-refractivity contribution in [3.05, 3.63) is 51.1 Å². The van der Waals surface area contributed by atoms with Crippen LogP contribution in [0.15, 0.2) is 46.3 Å².